The lowest BCUT2D eigenvalue weighted by molar-refractivity contribution is -0.205. The molecular formula is C21H34ClNO2. The maximum absolute atomic E-state index is 11.2. The largest absolute Gasteiger partial charge is 0.368 e. The molecule has 1 saturated heterocycles. The van der Waals surface area contributed by atoms with Crippen molar-refractivity contribution >= 4 is 18.0 Å². The summed E-state index contributed by atoms with van der Waals surface area (Å²) >= 11 is 6.54. The van der Waals surface area contributed by atoms with Crippen LogP contribution in [0.3, 0.4) is 0 Å². The smallest absolute Gasteiger partial charge is 0.207 e. The highest BCUT2D eigenvalue weighted by molar-refractivity contribution is 6.21. The molecule has 0 aromatic heterocycles. The second-order valence-corrected chi connectivity index (χ2v) is 10.1. The molecule has 1 N–H and O–H groups in total. The molecule has 0 radical (unpaired) electrons. The van der Waals surface area contributed by atoms with Gasteiger partial charge in [0, 0.05) is 5.54 Å². The lowest BCUT2D eigenvalue weighted by Gasteiger charge is -2.58. The minimum Gasteiger partial charge on any atom is -0.368 e. The molecule has 1 heterocycles. The molecule has 2 fully saturated rings. The second kappa shape index (κ2) is 6.56. The lowest BCUT2D eigenvalue weighted by Crippen LogP contribution is -2.61. The van der Waals surface area contributed by atoms with Crippen molar-refractivity contribution in [2.75, 3.05) is 0 Å². The van der Waals surface area contributed by atoms with Crippen molar-refractivity contribution in [1.82, 2.24) is 5.32 Å². The van der Waals surface area contributed by atoms with E-state index in [-0.39, 0.29) is 22.1 Å². The van der Waals surface area contributed by atoms with E-state index in [0.29, 0.717) is 17.8 Å². The molecule has 6 atom stereocenters. The van der Waals surface area contributed by atoms with E-state index in [9.17, 15) is 4.79 Å². The zero-order chi connectivity index (χ0) is 18.5. The fourth-order valence-corrected chi connectivity index (χ4v) is 5.99. The van der Waals surface area contributed by atoms with Gasteiger partial charge in [0.25, 0.3) is 0 Å². The Morgan fingerprint density at radius 3 is 2.52 bits per heavy atom. The molecule has 1 saturated carbocycles. The summed E-state index contributed by atoms with van der Waals surface area (Å²) in [5, 5.41) is 3.24. The van der Waals surface area contributed by atoms with E-state index in [0.717, 1.165) is 44.9 Å². The third-order valence-corrected chi connectivity index (χ3v) is 8.11. The van der Waals surface area contributed by atoms with Crippen LogP contribution in [0.1, 0.15) is 73.1 Å². The Bertz CT molecular complexity index is 560. The monoisotopic (exact) mass is 367 g/mol. The van der Waals surface area contributed by atoms with Gasteiger partial charge in [-0.25, -0.2) is 0 Å². The minimum atomic E-state index is -0.292. The third-order valence-electron chi connectivity index (χ3n) is 7.37. The summed E-state index contributed by atoms with van der Waals surface area (Å²) in [6.45, 7) is 11.0. The average molecular weight is 368 g/mol. The molecular weight excluding hydrogens is 334 g/mol. The number of fused-ring (bicyclic) bond motifs is 1. The van der Waals surface area contributed by atoms with Crippen LogP contribution < -0.4 is 5.32 Å². The van der Waals surface area contributed by atoms with Gasteiger partial charge in [0.2, 0.25) is 6.41 Å². The van der Waals surface area contributed by atoms with Crippen molar-refractivity contribution in [2.24, 2.45) is 17.8 Å². The second-order valence-electron chi connectivity index (χ2n) is 9.58. The predicted molar refractivity (Wildman–Crippen MR) is 103 cm³/mol. The van der Waals surface area contributed by atoms with Crippen LogP contribution >= 0.6 is 11.6 Å². The molecule has 0 bridgehead atoms. The van der Waals surface area contributed by atoms with E-state index in [1.165, 1.54) is 5.57 Å². The zero-order valence-corrected chi connectivity index (χ0v) is 17.2. The zero-order valence-electron chi connectivity index (χ0n) is 16.4. The Balaban J connectivity index is 1.92. The number of alkyl halides is 1. The van der Waals surface area contributed by atoms with Crippen molar-refractivity contribution in [3.63, 3.8) is 0 Å². The van der Waals surface area contributed by atoms with Crippen LogP contribution in [-0.4, -0.2) is 28.5 Å². The van der Waals surface area contributed by atoms with Crippen LogP contribution in [0.5, 0.6) is 0 Å². The molecule has 0 spiro atoms. The van der Waals surface area contributed by atoms with Crippen molar-refractivity contribution in [2.45, 2.75) is 95.3 Å². The standard InChI is InChI=1S/C21H34ClNO2/c1-14-6-7-16-15(12-14)17(8-10-20(16,4)23-13-24)21(5)11-9-18(22)19(2,3)25-21/h12-13,15-18H,6-11H2,1-5H3,(H,23,24)/t15-,16+,17-,18+,20-,21-/m1/s1. The van der Waals surface area contributed by atoms with Gasteiger partial charge in [-0.15, -0.1) is 11.6 Å². The third kappa shape index (κ3) is 3.39. The van der Waals surface area contributed by atoms with Crippen molar-refractivity contribution in [1.29, 1.82) is 0 Å². The Morgan fingerprint density at radius 2 is 1.88 bits per heavy atom. The van der Waals surface area contributed by atoms with Crippen molar-refractivity contribution < 1.29 is 9.53 Å². The van der Waals surface area contributed by atoms with Crippen molar-refractivity contribution in [3.8, 4) is 0 Å². The first-order valence-corrected chi connectivity index (χ1v) is 10.3. The van der Waals surface area contributed by atoms with Gasteiger partial charge < -0.3 is 10.1 Å². The fourth-order valence-electron chi connectivity index (χ4n) is 5.84. The first-order chi connectivity index (χ1) is 11.6. The molecule has 1 aliphatic heterocycles. The predicted octanol–water partition coefficient (Wildman–Crippen LogP) is 4.83. The first kappa shape index (κ1) is 19.2. The molecule has 0 aromatic carbocycles. The van der Waals surface area contributed by atoms with Gasteiger partial charge in [0.15, 0.2) is 0 Å². The number of carbonyl (C=O) groups is 1. The summed E-state index contributed by atoms with van der Waals surface area (Å²) in [4.78, 5) is 11.2. The number of hydrogen-bond acceptors (Lipinski definition) is 2. The summed E-state index contributed by atoms with van der Waals surface area (Å²) in [6.07, 6.45) is 9.79. The quantitative estimate of drug-likeness (QED) is 0.440. The van der Waals surface area contributed by atoms with Crippen molar-refractivity contribution in [3.05, 3.63) is 11.6 Å². The average Bonchev–Trinajstić information content (AvgIpc) is 2.51. The number of ether oxygens (including phenoxy) is 1. The molecule has 4 heteroatoms. The van der Waals surface area contributed by atoms with Gasteiger partial charge in [-0.05, 0) is 90.9 Å². The van der Waals surface area contributed by atoms with E-state index >= 15 is 0 Å². The molecule has 2 aliphatic carbocycles. The summed E-state index contributed by atoms with van der Waals surface area (Å²) < 4.78 is 6.67. The van der Waals surface area contributed by atoms with E-state index in [1.54, 1.807) is 0 Å². The number of amides is 1. The van der Waals surface area contributed by atoms with E-state index < -0.39 is 0 Å². The minimum absolute atomic E-state index is 0.0746. The van der Waals surface area contributed by atoms with E-state index in [4.69, 9.17) is 16.3 Å². The fraction of sp³-hybridized carbons (Fsp3) is 0.857. The van der Waals surface area contributed by atoms with Gasteiger partial charge in [-0.1, -0.05) is 11.6 Å². The molecule has 3 aliphatic rings. The van der Waals surface area contributed by atoms with E-state index in [2.05, 4.69) is 46.0 Å². The topological polar surface area (TPSA) is 38.3 Å². The summed E-state index contributed by atoms with van der Waals surface area (Å²) in [6, 6.07) is 0. The number of nitrogens with one attached hydrogen (secondary N) is 1. The first-order valence-electron chi connectivity index (χ1n) is 9.84. The Hall–Kier alpha value is -0.540. The van der Waals surface area contributed by atoms with Crippen LogP contribution in [0.4, 0.5) is 0 Å². The highest BCUT2D eigenvalue weighted by atomic mass is 35.5. The van der Waals surface area contributed by atoms with Gasteiger partial charge >= 0.3 is 0 Å². The molecule has 142 valence electrons. The lowest BCUT2D eigenvalue weighted by atomic mass is 9.55. The molecule has 0 unspecified atom stereocenters. The maximum Gasteiger partial charge on any atom is 0.207 e. The van der Waals surface area contributed by atoms with Gasteiger partial charge in [0.1, 0.15) is 0 Å². The van der Waals surface area contributed by atoms with Gasteiger partial charge in [-0.2, -0.15) is 0 Å². The van der Waals surface area contributed by atoms with Crippen LogP contribution in [0.25, 0.3) is 0 Å². The van der Waals surface area contributed by atoms with E-state index in [1.807, 2.05) is 0 Å². The number of allylic oxidation sites excluding steroid dienone is 2. The Kier molecular flexibility index (Phi) is 5.05. The normalized spacial score (nSPS) is 46.7. The van der Waals surface area contributed by atoms with Crippen LogP contribution in [-0.2, 0) is 9.53 Å². The maximum atomic E-state index is 11.2. The number of halogens is 1. The molecule has 3 nitrogen and oxygen atoms in total. The summed E-state index contributed by atoms with van der Waals surface area (Å²) in [5.41, 5.74) is 0.944. The number of hydrogen-bond donors (Lipinski definition) is 1. The van der Waals surface area contributed by atoms with Crippen LogP contribution in [0, 0.1) is 17.8 Å². The number of carbonyl (C=O) groups excluding carboxylic acids is 1. The van der Waals surface area contributed by atoms with Gasteiger partial charge in [-0.3, -0.25) is 4.79 Å². The molecule has 3 rings (SSSR count). The Labute approximate surface area is 157 Å². The summed E-state index contributed by atoms with van der Waals surface area (Å²) in [5.74, 6) is 1.43. The van der Waals surface area contributed by atoms with Crippen LogP contribution in [0.2, 0.25) is 0 Å². The summed E-state index contributed by atoms with van der Waals surface area (Å²) in [7, 11) is 0. The highest BCUT2D eigenvalue weighted by Gasteiger charge is 2.55. The SMILES string of the molecule is CC1=C[C@H]2[C@H]([C@@]3(C)CC[C@H](Cl)C(C)(C)O3)CC[C@@](C)(NC=O)[C@H]2CC1. The molecule has 25 heavy (non-hydrogen) atoms. The Morgan fingerprint density at radius 1 is 1.16 bits per heavy atom. The molecule has 1 amide bonds. The number of rotatable bonds is 3. The van der Waals surface area contributed by atoms with Crippen LogP contribution in [0.15, 0.2) is 11.6 Å². The van der Waals surface area contributed by atoms with Gasteiger partial charge in [0.05, 0.1) is 16.6 Å². The molecule has 0 aromatic rings. The highest BCUT2D eigenvalue weighted by Crippen LogP contribution is 2.54.